The number of anilines is 4. The molecule has 2 heterocycles. The van der Waals surface area contributed by atoms with Crippen molar-refractivity contribution in [2.75, 3.05) is 71.9 Å². The molecule has 338 valence electrons. The zero-order valence-corrected chi connectivity index (χ0v) is 40.5. The van der Waals surface area contributed by atoms with Crippen LogP contribution in [0.2, 0.25) is 0 Å². The van der Waals surface area contributed by atoms with Crippen molar-refractivity contribution in [1.29, 1.82) is 0 Å². The van der Waals surface area contributed by atoms with Crippen LogP contribution < -0.4 is 19.2 Å². The lowest BCUT2D eigenvalue weighted by Gasteiger charge is -2.27. The van der Waals surface area contributed by atoms with Crippen molar-refractivity contribution < 1.29 is 26.3 Å². The first-order valence-electron chi connectivity index (χ1n) is 22.3. The third-order valence-electron chi connectivity index (χ3n) is 11.5. The summed E-state index contributed by atoms with van der Waals surface area (Å²) < 4.78 is 73.0. The Morgan fingerprint density at radius 2 is 0.919 bits per heavy atom. The monoisotopic (exact) mass is 922 g/mol. The molecule has 4 aromatic carbocycles. The molecule has 0 radical (unpaired) electrons. The van der Waals surface area contributed by atoms with Gasteiger partial charge in [0.15, 0.2) is 0 Å². The Kier molecular flexibility index (Phi) is 17.4. The fourth-order valence-corrected chi connectivity index (χ4v) is 13.5. The maximum Gasteiger partial charge on any atom is 0.264 e. The standard InChI is InChI=1S/C48H66N4O6S4/c1-7-37-9-13-41(14-10-37)51(33-35(3)4)61(53,54)43-17-19-45(49-31-39-21-25-57-26-22-39)47(29-43)59-60-48-30-44(18-20-46(48)50-32-40-23-27-58-28-24-40)62(55,56)52(34-36(5)6)42-15-11-38(8-2)12-16-42/h9-20,29-30,35-36,39-40,49-50H,7-8,21-28,31-34H2,1-6H3. The minimum absolute atomic E-state index is 0.0863. The number of ether oxygens (including phenoxy) is 2. The van der Waals surface area contributed by atoms with E-state index >= 15 is 0 Å². The van der Waals surface area contributed by atoms with Gasteiger partial charge in [0.1, 0.15) is 0 Å². The summed E-state index contributed by atoms with van der Waals surface area (Å²) in [6.45, 7) is 17.3. The van der Waals surface area contributed by atoms with Crippen LogP contribution in [-0.4, -0.2) is 69.4 Å². The lowest BCUT2D eigenvalue weighted by atomic mass is 10.0. The average Bonchev–Trinajstić information content (AvgIpc) is 3.28. The largest absolute Gasteiger partial charge is 0.384 e. The van der Waals surface area contributed by atoms with Crippen LogP contribution in [0.3, 0.4) is 0 Å². The Hall–Kier alpha value is -3.40. The lowest BCUT2D eigenvalue weighted by Crippen LogP contribution is -2.34. The first-order chi connectivity index (χ1) is 29.8. The number of benzene rings is 4. The second-order valence-electron chi connectivity index (χ2n) is 17.3. The molecule has 0 amide bonds. The SMILES string of the molecule is CCc1ccc(N(CC(C)C)S(=O)(=O)c2ccc(NCC3CCOCC3)c(SSc3cc(S(=O)(=O)N(CC(C)C)c4ccc(CC)cc4)ccc3NCC3CCOCC3)c2)cc1. The zero-order chi connectivity index (χ0) is 44.3. The molecule has 0 atom stereocenters. The molecular weight excluding hydrogens is 857 g/mol. The molecule has 2 saturated heterocycles. The molecule has 0 unspecified atom stereocenters. The fraction of sp³-hybridized carbons (Fsp3) is 0.500. The van der Waals surface area contributed by atoms with Gasteiger partial charge in [-0.05, 0) is 134 Å². The van der Waals surface area contributed by atoms with Crippen LogP contribution in [0.4, 0.5) is 22.7 Å². The number of sulfonamides is 2. The average molecular weight is 923 g/mol. The molecule has 0 spiro atoms. The summed E-state index contributed by atoms with van der Waals surface area (Å²) in [7, 11) is -5.07. The second-order valence-corrected chi connectivity index (χ2v) is 23.2. The second kappa shape index (κ2) is 22.5. The minimum Gasteiger partial charge on any atom is -0.384 e. The molecule has 0 bridgehead atoms. The van der Waals surface area contributed by atoms with Crippen LogP contribution in [0.1, 0.15) is 78.4 Å². The highest BCUT2D eigenvalue weighted by Gasteiger charge is 2.29. The molecule has 62 heavy (non-hydrogen) atoms. The van der Waals surface area contributed by atoms with Crippen LogP contribution in [0, 0.1) is 23.7 Å². The summed E-state index contributed by atoms with van der Waals surface area (Å²) >= 11 is 0. The van der Waals surface area contributed by atoms with E-state index in [0.29, 0.717) is 36.3 Å². The van der Waals surface area contributed by atoms with Crippen molar-refractivity contribution in [3.63, 3.8) is 0 Å². The highest BCUT2D eigenvalue weighted by molar-refractivity contribution is 8.76. The van der Waals surface area contributed by atoms with E-state index in [1.54, 1.807) is 24.3 Å². The Bertz CT molecular complexity index is 2100. The predicted molar refractivity (Wildman–Crippen MR) is 259 cm³/mol. The van der Waals surface area contributed by atoms with Crippen molar-refractivity contribution in [1.82, 2.24) is 0 Å². The number of aryl methyl sites for hydroxylation is 2. The Morgan fingerprint density at radius 1 is 0.565 bits per heavy atom. The summed E-state index contributed by atoms with van der Waals surface area (Å²) in [5.74, 6) is 1.03. The van der Waals surface area contributed by atoms with E-state index in [9.17, 15) is 16.8 Å². The van der Waals surface area contributed by atoms with Crippen LogP contribution in [0.25, 0.3) is 0 Å². The van der Waals surface area contributed by atoms with E-state index in [4.69, 9.17) is 9.47 Å². The van der Waals surface area contributed by atoms with E-state index in [1.807, 2.05) is 88.4 Å². The fourth-order valence-electron chi connectivity index (χ4n) is 7.65. The summed E-state index contributed by atoms with van der Waals surface area (Å²) in [5.41, 5.74) is 5.20. The maximum absolute atomic E-state index is 14.7. The molecule has 6 rings (SSSR count). The number of rotatable bonds is 21. The van der Waals surface area contributed by atoms with Gasteiger partial charge >= 0.3 is 0 Å². The van der Waals surface area contributed by atoms with E-state index in [1.165, 1.54) is 30.2 Å². The van der Waals surface area contributed by atoms with Crippen molar-refractivity contribution in [2.45, 2.75) is 99.6 Å². The van der Waals surface area contributed by atoms with Crippen LogP contribution in [-0.2, 0) is 42.4 Å². The third-order valence-corrected chi connectivity index (χ3v) is 17.5. The van der Waals surface area contributed by atoms with Gasteiger partial charge in [-0.15, -0.1) is 0 Å². The highest BCUT2D eigenvalue weighted by Crippen LogP contribution is 2.46. The first kappa shape index (κ1) is 48.1. The van der Waals surface area contributed by atoms with Gasteiger partial charge in [-0.1, -0.05) is 87.4 Å². The summed E-state index contributed by atoms with van der Waals surface area (Å²) in [4.78, 5) is 1.89. The quantitative estimate of drug-likeness (QED) is 0.0782. The van der Waals surface area contributed by atoms with Gasteiger partial charge in [0.25, 0.3) is 20.0 Å². The van der Waals surface area contributed by atoms with Gasteiger partial charge in [0.2, 0.25) is 0 Å². The normalized spacial score (nSPS) is 15.5. The topological polar surface area (TPSA) is 117 Å². The van der Waals surface area contributed by atoms with Crippen LogP contribution in [0.5, 0.6) is 0 Å². The summed E-state index contributed by atoms with van der Waals surface area (Å²) in [5, 5.41) is 7.31. The van der Waals surface area contributed by atoms with E-state index in [0.717, 1.165) is 110 Å². The Morgan fingerprint density at radius 3 is 1.24 bits per heavy atom. The number of nitrogens with zero attached hydrogens (tertiary/aromatic N) is 2. The summed E-state index contributed by atoms with van der Waals surface area (Å²) in [6, 6.07) is 26.2. The van der Waals surface area contributed by atoms with Crippen LogP contribution in [0.15, 0.2) is 105 Å². The van der Waals surface area contributed by atoms with Crippen molar-refractivity contribution in [3.05, 3.63) is 96.1 Å². The molecule has 0 saturated carbocycles. The molecular formula is C48H66N4O6S4. The van der Waals surface area contributed by atoms with Gasteiger partial charge in [-0.2, -0.15) is 0 Å². The maximum atomic E-state index is 14.7. The molecule has 2 aliphatic rings. The molecule has 14 heteroatoms. The Labute approximate surface area is 379 Å². The smallest absolute Gasteiger partial charge is 0.264 e. The molecule has 4 aromatic rings. The van der Waals surface area contributed by atoms with Gasteiger partial charge in [0, 0.05) is 73.8 Å². The first-order valence-corrected chi connectivity index (χ1v) is 27.3. The molecule has 10 nitrogen and oxygen atoms in total. The molecule has 0 aromatic heterocycles. The van der Waals surface area contributed by atoms with Gasteiger partial charge in [-0.25, -0.2) is 16.8 Å². The van der Waals surface area contributed by atoms with E-state index < -0.39 is 20.0 Å². The number of hydrogen-bond acceptors (Lipinski definition) is 10. The highest BCUT2D eigenvalue weighted by atomic mass is 33.1. The molecule has 2 aliphatic heterocycles. The Balaban J connectivity index is 1.38. The van der Waals surface area contributed by atoms with Gasteiger partial charge in [0.05, 0.1) is 21.2 Å². The van der Waals surface area contributed by atoms with Crippen molar-refractivity contribution in [2.24, 2.45) is 23.7 Å². The predicted octanol–water partition coefficient (Wildman–Crippen LogP) is 11.0. The molecule has 2 N–H and O–H groups in total. The minimum atomic E-state index is -3.97. The van der Waals surface area contributed by atoms with Crippen LogP contribution >= 0.6 is 21.6 Å². The third kappa shape index (κ3) is 12.7. The van der Waals surface area contributed by atoms with Crippen molar-refractivity contribution >= 4 is 64.4 Å². The number of nitrogens with one attached hydrogen (secondary N) is 2. The van der Waals surface area contributed by atoms with Gasteiger partial charge < -0.3 is 20.1 Å². The summed E-state index contributed by atoms with van der Waals surface area (Å²) in [6.07, 6.45) is 5.55. The van der Waals surface area contributed by atoms with E-state index in [2.05, 4.69) is 24.5 Å². The zero-order valence-electron chi connectivity index (χ0n) is 37.3. The molecule has 0 aliphatic carbocycles. The molecule has 2 fully saturated rings. The van der Waals surface area contributed by atoms with Gasteiger partial charge in [-0.3, -0.25) is 8.61 Å². The van der Waals surface area contributed by atoms with E-state index in [-0.39, 0.29) is 21.6 Å². The van der Waals surface area contributed by atoms with Crippen molar-refractivity contribution in [3.8, 4) is 0 Å². The number of hydrogen-bond donors (Lipinski definition) is 2. The lowest BCUT2D eigenvalue weighted by molar-refractivity contribution is 0.0698.